The number of hydrogen-bond donors (Lipinski definition) is 2. The van der Waals surface area contributed by atoms with Crippen molar-refractivity contribution in [1.29, 1.82) is 0 Å². The molecule has 1 aliphatic rings. The quantitative estimate of drug-likeness (QED) is 0.572. The molecule has 1 saturated carbocycles. The molecule has 1 aromatic heterocycles. The van der Waals surface area contributed by atoms with Crippen LogP contribution in [0, 0.1) is 0 Å². The molecular formula is C11H14NO3+. The van der Waals surface area contributed by atoms with Crippen molar-refractivity contribution in [1.82, 2.24) is 0 Å². The van der Waals surface area contributed by atoms with Crippen LogP contribution < -0.4 is 4.73 Å². The van der Waals surface area contributed by atoms with Gasteiger partial charge in [-0.1, -0.05) is 12.8 Å². The highest BCUT2D eigenvalue weighted by atomic mass is 16.5. The highest BCUT2D eigenvalue weighted by Gasteiger charge is 2.24. The van der Waals surface area contributed by atoms with E-state index in [2.05, 4.69) is 0 Å². The standard InChI is InChI=1S/C11H13NO3/c13-11(14)10-6-5-9(7-12(10)15)8-3-1-2-4-8/h5-8H,1-4H2,(H-,13,14,15)/p+1. The van der Waals surface area contributed by atoms with Gasteiger partial charge in [-0.25, -0.2) is 4.79 Å². The number of hydrogen-bond acceptors (Lipinski definition) is 2. The minimum atomic E-state index is -1.12. The average molecular weight is 208 g/mol. The molecule has 0 radical (unpaired) electrons. The van der Waals surface area contributed by atoms with Gasteiger partial charge in [0.2, 0.25) is 6.20 Å². The summed E-state index contributed by atoms with van der Waals surface area (Å²) >= 11 is 0. The summed E-state index contributed by atoms with van der Waals surface area (Å²) in [7, 11) is 0. The van der Waals surface area contributed by atoms with Crippen molar-refractivity contribution >= 4 is 5.97 Å². The molecule has 0 aliphatic heterocycles. The molecule has 0 saturated heterocycles. The van der Waals surface area contributed by atoms with Crippen LogP contribution >= 0.6 is 0 Å². The van der Waals surface area contributed by atoms with Gasteiger partial charge in [-0.2, -0.15) is 0 Å². The van der Waals surface area contributed by atoms with E-state index < -0.39 is 5.97 Å². The number of rotatable bonds is 2. The summed E-state index contributed by atoms with van der Waals surface area (Å²) in [6.45, 7) is 0. The van der Waals surface area contributed by atoms with E-state index >= 15 is 0 Å². The van der Waals surface area contributed by atoms with Crippen LogP contribution in [0.1, 0.15) is 47.7 Å². The zero-order valence-corrected chi connectivity index (χ0v) is 8.39. The predicted molar refractivity (Wildman–Crippen MR) is 52.0 cm³/mol. The van der Waals surface area contributed by atoms with Crippen molar-refractivity contribution in [3.63, 3.8) is 0 Å². The first-order chi connectivity index (χ1) is 7.18. The minimum Gasteiger partial charge on any atom is -0.473 e. The lowest BCUT2D eigenvalue weighted by Crippen LogP contribution is -2.38. The maximum Gasteiger partial charge on any atom is 0.406 e. The molecule has 1 fully saturated rings. The molecule has 80 valence electrons. The van der Waals surface area contributed by atoms with Gasteiger partial charge in [-0.05, 0) is 24.8 Å². The molecule has 0 atom stereocenters. The molecule has 2 N–H and O–H groups in total. The lowest BCUT2D eigenvalue weighted by atomic mass is 9.99. The van der Waals surface area contributed by atoms with Crippen molar-refractivity contribution < 1.29 is 19.8 Å². The average Bonchev–Trinajstić information content (AvgIpc) is 2.69. The van der Waals surface area contributed by atoms with Gasteiger partial charge in [-0.15, -0.1) is 0 Å². The van der Waals surface area contributed by atoms with Crippen LogP contribution in [0.5, 0.6) is 0 Å². The van der Waals surface area contributed by atoms with E-state index in [4.69, 9.17) is 5.11 Å². The third-order valence-electron chi connectivity index (χ3n) is 3.00. The van der Waals surface area contributed by atoms with Crippen LogP contribution in [-0.2, 0) is 0 Å². The summed E-state index contributed by atoms with van der Waals surface area (Å²) in [5.41, 5.74) is 0.928. The second kappa shape index (κ2) is 3.88. The normalized spacial score (nSPS) is 16.8. The Labute approximate surface area is 87.7 Å². The Morgan fingerprint density at radius 3 is 2.53 bits per heavy atom. The Morgan fingerprint density at radius 2 is 2.00 bits per heavy atom. The Kier molecular flexibility index (Phi) is 2.58. The van der Waals surface area contributed by atoms with Crippen LogP contribution in [0.2, 0.25) is 0 Å². The summed E-state index contributed by atoms with van der Waals surface area (Å²) in [6, 6.07) is 3.25. The zero-order valence-electron chi connectivity index (χ0n) is 8.39. The minimum absolute atomic E-state index is 0.100. The molecule has 0 unspecified atom stereocenters. The third-order valence-corrected chi connectivity index (χ3v) is 3.00. The fourth-order valence-corrected chi connectivity index (χ4v) is 2.18. The second-order valence-electron chi connectivity index (χ2n) is 3.98. The van der Waals surface area contributed by atoms with E-state index in [1.54, 1.807) is 6.07 Å². The Balaban J connectivity index is 2.28. The molecule has 4 heteroatoms. The monoisotopic (exact) mass is 208 g/mol. The first-order valence-corrected chi connectivity index (χ1v) is 5.16. The first kappa shape index (κ1) is 9.96. The zero-order chi connectivity index (χ0) is 10.8. The smallest absolute Gasteiger partial charge is 0.406 e. The van der Waals surface area contributed by atoms with Gasteiger partial charge in [0.25, 0.3) is 0 Å². The van der Waals surface area contributed by atoms with E-state index in [1.165, 1.54) is 25.1 Å². The molecule has 0 amide bonds. The fourth-order valence-electron chi connectivity index (χ4n) is 2.18. The van der Waals surface area contributed by atoms with E-state index in [0.29, 0.717) is 10.6 Å². The van der Waals surface area contributed by atoms with Gasteiger partial charge in [-0.3, -0.25) is 5.21 Å². The van der Waals surface area contributed by atoms with Crippen molar-refractivity contribution in [2.45, 2.75) is 31.6 Å². The van der Waals surface area contributed by atoms with Gasteiger partial charge in [0.15, 0.2) is 0 Å². The number of aromatic nitrogens is 1. The number of carboxylic acids is 1. The highest BCUT2D eigenvalue weighted by molar-refractivity contribution is 5.83. The summed E-state index contributed by atoms with van der Waals surface area (Å²) in [4.78, 5) is 10.7. The van der Waals surface area contributed by atoms with E-state index in [-0.39, 0.29) is 5.69 Å². The summed E-state index contributed by atoms with van der Waals surface area (Å²) in [6.07, 6.45) is 6.21. The van der Waals surface area contributed by atoms with Crippen LogP contribution in [0.4, 0.5) is 0 Å². The first-order valence-electron chi connectivity index (χ1n) is 5.16. The molecule has 1 aromatic rings. The van der Waals surface area contributed by atoms with Crippen molar-refractivity contribution in [2.24, 2.45) is 0 Å². The van der Waals surface area contributed by atoms with Gasteiger partial charge in [0.1, 0.15) is 0 Å². The van der Waals surface area contributed by atoms with Gasteiger partial charge in [0.05, 0.1) is 0 Å². The van der Waals surface area contributed by atoms with Crippen molar-refractivity contribution in [3.8, 4) is 0 Å². The molecule has 4 nitrogen and oxygen atoms in total. The fraction of sp³-hybridized carbons (Fsp3) is 0.455. The van der Waals surface area contributed by atoms with Crippen LogP contribution in [0.3, 0.4) is 0 Å². The topological polar surface area (TPSA) is 61.4 Å². The number of pyridine rings is 1. The van der Waals surface area contributed by atoms with Crippen LogP contribution in [0.25, 0.3) is 0 Å². The van der Waals surface area contributed by atoms with Crippen LogP contribution in [0.15, 0.2) is 18.3 Å². The second-order valence-corrected chi connectivity index (χ2v) is 3.98. The molecule has 0 aromatic carbocycles. The molecule has 1 aliphatic carbocycles. The number of carboxylic acid groups (broad SMARTS) is 1. The van der Waals surface area contributed by atoms with E-state index in [0.717, 1.165) is 18.4 Å². The van der Waals surface area contributed by atoms with E-state index in [9.17, 15) is 10.0 Å². The molecular weight excluding hydrogens is 194 g/mol. The largest absolute Gasteiger partial charge is 0.473 e. The number of carbonyl (C=O) groups is 1. The van der Waals surface area contributed by atoms with Crippen LogP contribution in [-0.4, -0.2) is 16.3 Å². The third kappa shape index (κ3) is 1.93. The summed E-state index contributed by atoms with van der Waals surface area (Å²) in [5, 5.41) is 18.2. The lowest BCUT2D eigenvalue weighted by molar-refractivity contribution is -0.906. The Hall–Kier alpha value is -1.58. The maximum atomic E-state index is 10.7. The molecule has 15 heavy (non-hydrogen) atoms. The van der Waals surface area contributed by atoms with Crippen molar-refractivity contribution in [3.05, 3.63) is 29.6 Å². The lowest BCUT2D eigenvalue weighted by Gasteiger charge is -2.05. The van der Waals surface area contributed by atoms with Gasteiger partial charge in [0, 0.05) is 16.4 Å². The number of nitrogens with zero attached hydrogens (tertiary/aromatic N) is 1. The van der Waals surface area contributed by atoms with Gasteiger partial charge >= 0.3 is 11.7 Å². The maximum absolute atomic E-state index is 10.7. The summed E-state index contributed by atoms with van der Waals surface area (Å²) in [5.74, 6) is -0.637. The van der Waals surface area contributed by atoms with Crippen molar-refractivity contribution in [2.75, 3.05) is 0 Å². The molecule has 0 bridgehead atoms. The highest BCUT2D eigenvalue weighted by Crippen LogP contribution is 2.33. The Morgan fingerprint density at radius 1 is 1.33 bits per heavy atom. The van der Waals surface area contributed by atoms with Gasteiger partial charge < -0.3 is 5.11 Å². The molecule has 1 heterocycles. The van der Waals surface area contributed by atoms with E-state index in [1.807, 2.05) is 0 Å². The number of aromatic carboxylic acids is 1. The SMILES string of the molecule is O=C(O)c1ccc(C2CCCC2)c[n+]1O. The summed E-state index contributed by atoms with van der Waals surface area (Å²) < 4.78 is 0.704. The molecule has 0 spiro atoms. The Bertz CT molecular complexity index is 383. The molecule has 2 rings (SSSR count). The predicted octanol–water partition coefficient (Wildman–Crippen LogP) is 1.57.